The molecule has 0 aliphatic heterocycles. The summed E-state index contributed by atoms with van der Waals surface area (Å²) in [5, 5.41) is 0. The zero-order chi connectivity index (χ0) is 13.4. The Kier molecular flexibility index (Phi) is 7.04. The molecule has 0 unspecified atom stereocenters. The molecule has 0 amide bonds. The van der Waals surface area contributed by atoms with Crippen molar-refractivity contribution in [1.29, 1.82) is 0 Å². The Hall–Kier alpha value is -0.820. The highest BCUT2D eigenvalue weighted by atomic mass is 79.9. The summed E-state index contributed by atoms with van der Waals surface area (Å²) in [5.74, 6) is 1.16. The van der Waals surface area contributed by atoms with Crippen molar-refractivity contribution in [2.75, 3.05) is 34.9 Å². The Morgan fingerprint density at radius 1 is 0.944 bits per heavy atom. The highest BCUT2D eigenvalue weighted by Crippen LogP contribution is 2.37. The smallest absolute Gasteiger partial charge is 0.188 e. The topological polar surface area (TPSA) is 46.2 Å². The van der Waals surface area contributed by atoms with Crippen LogP contribution in [0.4, 0.5) is 0 Å². The molecule has 6 heteroatoms. The van der Waals surface area contributed by atoms with Gasteiger partial charge in [0.25, 0.3) is 0 Å². The second-order valence-electron chi connectivity index (χ2n) is 3.44. The lowest BCUT2D eigenvalue weighted by Crippen LogP contribution is -2.05. The third-order valence-electron chi connectivity index (χ3n) is 2.03. The number of halogens is 1. The van der Waals surface area contributed by atoms with Crippen LogP contribution in [0.3, 0.4) is 0 Å². The first-order chi connectivity index (χ1) is 8.72. The van der Waals surface area contributed by atoms with Gasteiger partial charge in [-0.05, 0) is 33.6 Å². The lowest BCUT2D eigenvalue weighted by molar-refractivity contribution is 0.0316. The van der Waals surface area contributed by atoms with E-state index in [-0.39, 0.29) is 13.6 Å². The molecule has 0 N–H and O–H groups in total. The van der Waals surface area contributed by atoms with Gasteiger partial charge in [-0.25, -0.2) is 0 Å². The van der Waals surface area contributed by atoms with E-state index in [0.717, 1.165) is 10.0 Å². The summed E-state index contributed by atoms with van der Waals surface area (Å²) in [5.41, 5.74) is 0.972. The second kappa shape index (κ2) is 8.31. The van der Waals surface area contributed by atoms with Crippen LogP contribution in [0.25, 0.3) is 0 Å². The van der Waals surface area contributed by atoms with Crippen molar-refractivity contribution in [1.82, 2.24) is 0 Å². The molecule has 0 radical (unpaired) electrons. The van der Waals surface area contributed by atoms with Gasteiger partial charge >= 0.3 is 0 Å². The Morgan fingerprint density at radius 3 is 2.22 bits per heavy atom. The zero-order valence-corrected chi connectivity index (χ0v) is 12.3. The molecule has 102 valence electrons. The first kappa shape index (κ1) is 15.2. The van der Waals surface area contributed by atoms with Crippen molar-refractivity contribution in [2.24, 2.45) is 0 Å². The monoisotopic (exact) mass is 320 g/mol. The standard InChI is InChI=1S/C12H17BrO5/c1-14-6-9-4-10(13)12(18-8-16-3)11(5-9)17-7-15-2/h4-5H,6-8H2,1-3H3. The molecule has 0 spiro atoms. The molecule has 0 heterocycles. The summed E-state index contributed by atoms with van der Waals surface area (Å²) in [7, 11) is 4.76. The molecule has 0 bridgehead atoms. The fourth-order valence-corrected chi connectivity index (χ4v) is 1.96. The van der Waals surface area contributed by atoms with E-state index < -0.39 is 0 Å². The summed E-state index contributed by atoms with van der Waals surface area (Å²) < 4.78 is 26.6. The number of benzene rings is 1. The average molecular weight is 321 g/mol. The molecule has 0 fully saturated rings. The van der Waals surface area contributed by atoms with Gasteiger partial charge in [-0.3, -0.25) is 0 Å². The predicted octanol–water partition coefficient (Wildman–Crippen LogP) is 2.56. The number of ether oxygens (including phenoxy) is 5. The van der Waals surface area contributed by atoms with Crippen LogP contribution in [0.1, 0.15) is 5.56 Å². The van der Waals surface area contributed by atoms with Gasteiger partial charge in [0.05, 0.1) is 11.1 Å². The first-order valence-corrected chi connectivity index (χ1v) is 6.07. The lowest BCUT2D eigenvalue weighted by atomic mass is 10.2. The van der Waals surface area contributed by atoms with Crippen molar-refractivity contribution in [3.8, 4) is 11.5 Å². The SMILES string of the molecule is COCOc1cc(COC)cc(Br)c1OCOC. The number of rotatable bonds is 8. The Morgan fingerprint density at radius 2 is 1.61 bits per heavy atom. The molecular weight excluding hydrogens is 304 g/mol. The van der Waals surface area contributed by atoms with Crippen LogP contribution in [0.5, 0.6) is 11.5 Å². The molecule has 1 aromatic rings. The van der Waals surface area contributed by atoms with Crippen molar-refractivity contribution < 1.29 is 23.7 Å². The highest BCUT2D eigenvalue weighted by Gasteiger charge is 2.12. The van der Waals surface area contributed by atoms with Gasteiger partial charge in [-0.2, -0.15) is 0 Å². The molecule has 0 saturated carbocycles. The number of hydrogen-bond acceptors (Lipinski definition) is 5. The fourth-order valence-electron chi connectivity index (χ4n) is 1.36. The van der Waals surface area contributed by atoms with Gasteiger partial charge in [0.1, 0.15) is 0 Å². The lowest BCUT2D eigenvalue weighted by Gasteiger charge is -2.15. The van der Waals surface area contributed by atoms with Crippen molar-refractivity contribution >= 4 is 15.9 Å². The van der Waals surface area contributed by atoms with Gasteiger partial charge in [0, 0.05) is 21.3 Å². The Labute approximate surface area is 115 Å². The summed E-state index contributed by atoms with van der Waals surface area (Å²) in [6.07, 6.45) is 0. The average Bonchev–Trinajstić information content (AvgIpc) is 2.35. The van der Waals surface area contributed by atoms with Crippen LogP contribution in [0, 0.1) is 0 Å². The largest absolute Gasteiger partial charge is 0.464 e. The predicted molar refractivity (Wildman–Crippen MR) is 69.9 cm³/mol. The first-order valence-electron chi connectivity index (χ1n) is 5.27. The minimum Gasteiger partial charge on any atom is -0.464 e. The van der Waals surface area contributed by atoms with E-state index in [0.29, 0.717) is 18.1 Å². The van der Waals surface area contributed by atoms with Crippen molar-refractivity contribution in [3.63, 3.8) is 0 Å². The van der Waals surface area contributed by atoms with Gasteiger partial charge < -0.3 is 23.7 Å². The molecule has 0 atom stereocenters. The van der Waals surface area contributed by atoms with E-state index in [2.05, 4.69) is 15.9 Å². The summed E-state index contributed by atoms with van der Waals surface area (Å²) >= 11 is 3.43. The summed E-state index contributed by atoms with van der Waals surface area (Å²) in [6.45, 7) is 0.782. The van der Waals surface area contributed by atoms with Crippen LogP contribution >= 0.6 is 15.9 Å². The van der Waals surface area contributed by atoms with Gasteiger partial charge in [-0.1, -0.05) is 0 Å². The van der Waals surface area contributed by atoms with Gasteiger partial charge in [-0.15, -0.1) is 0 Å². The molecule has 5 nitrogen and oxygen atoms in total. The fraction of sp³-hybridized carbons (Fsp3) is 0.500. The Balaban J connectivity index is 2.96. The zero-order valence-electron chi connectivity index (χ0n) is 10.7. The molecule has 0 aliphatic carbocycles. The normalized spacial score (nSPS) is 10.4. The molecule has 1 aromatic carbocycles. The molecule has 1 rings (SSSR count). The maximum Gasteiger partial charge on any atom is 0.188 e. The summed E-state index contributed by atoms with van der Waals surface area (Å²) in [6, 6.07) is 3.76. The van der Waals surface area contributed by atoms with E-state index in [9.17, 15) is 0 Å². The molecule has 0 aromatic heterocycles. The third kappa shape index (κ3) is 4.45. The van der Waals surface area contributed by atoms with E-state index in [4.69, 9.17) is 23.7 Å². The maximum atomic E-state index is 5.46. The molecule has 0 saturated heterocycles. The second-order valence-corrected chi connectivity index (χ2v) is 4.29. The van der Waals surface area contributed by atoms with E-state index in [1.54, 1.807) is 21.3 Å². The van der Waals surface area contributed by atoms with Crippen LogP contribution in [-0.2, 0) is 20.8 Å². The van der Waals surface area contributed by atoms with E-state index in [1.807, 2.05) is 12.1 Å². The van der Waals surface area contributed by atoms with Crippen LogP contribution < -0.4 is 9.47 Å². The van der Waals surface area contributed by atoms with Crippen LogP contribution in [0.15, 0.2) is 16.6 Å². The minimum atomic E-state index is 0.144. The van der Waals surface area contributed by atoms with E-state index in [1.165, 1.54) is 0 Å². The van der Waals surface area contributed by atoms with Crippen LogP contribution in [0.2, 0.25) is 0 Å². The number of methoxy groups -OCH3 is 3. The van der Waals surface area contributed by atoms with Crippen molar-refractivity contribution in [2.45, 2.75) is 6.61 Å². The maximum absolute atomic E-state index is 5.46. The number of hydrogen-bond donors (Lipinski definition) is 0. The summed E-state index contributed by atoms with van der Waals surface area (Å²) in [4.78, 5) is 0. The minimum absolute atomic E-state index is 0.144. The van der Waals surface area contributed by atoms with Crippen molar-refractivity contribution in [3.05, 3.63) is 22.2 Å². The molecule has 0 aliphatic rings. The molecular formula is C12H17BrO5. The van der Waals surface area contributed by atoms with E-state index >= 15 is 0 Å². The quantitative estimate of drug-likeness (QED) is 0.689. The van der Waals surface area contributed by atoms with Gasteiger partial charge in [0.2, 0.25) is 0 Å². The van der Waals surface area contributed by atoms with Gasteiger partial charge in [0.15, 0.2) is 25.1 Å². The molecule has 18 heavy (non-hydrogen) atoms. The highest BCUT2D eigenvalue weighted by molar-refractivity contribution is 9.10. The van der Waals surface area contributed by atoms with Crippen LogP contribution in [-0.4, -0.2) is 34.9 Å². The Bertz CT molecular complexity index is 370. The third-order valence-corrected chi connectivity index (χ3v) is 2.62.